The molecule has 0 fully saturated rings. The van der Waals surface area contributed by atoms with Crippen molar-refractivity contribution in [3.8, 4) is 6.07 Å². The number of rotatable bonds is 6. The molecule has 0 bridgehead atoms. The maximum atomic E-state index is 8.40. The van der Waals surface area contributed by atoms with Crippen LogP contribution in [0, 0.1) is 11.3 Å². The largest absolute Gasteiger partial charge is 0.244 e. The van der Waals surface area contributed by atoms with Gasteiger partial charge >= 0.3 is 0 Å². The van der Waals surface area contributed by atoms with Crippen LogP contribution in [0.15, 0.2) is 18.7 Å². The molecule has 1 rings (SSSR count). The molecule has 0 aliphatic heterocycles. The third-order valence-electron chi connectivity index (χ3n) is 1.90. The Morgan fingerprint density at radius 3 is 3.14 bits per heavy atom. The number of imidazole rings is 1. The lowest BCUT2D eigenvalue weighted by Crippen LogP contribution is -2.29. The molecule has 0 aliphatic carbocycles. The second-order valence-electron chi connectivity index (χ2n) is 3.05. The molecule has 76 valence electrons. The second-order valence-corrected chi connectivity index (χ2v) is 4.29. The van der Waals surface area contributed by atoms with Gasteiger partial charge < -0.3 is 0 Å². The van der Waals surface area contributed by atoms with E-state index in [-0.39, 0.29) is 0 Å². The summed E-state index contributed by atoms with van der Waals surface area (Å²) in [4.78, 5) is 0. The Kier molecular flexibility index (Phi) is 5.16. The van der Waals surface area contributed by atoms with Crippen LogP contribution in [0.3, 0.4) is 0 Å². The molecule has 0 radical (unpaired) electrons. The van der Waals surface area contributed by atoms with E-state index in [0.29, 0.717) is 6.42 Å². The van der Waals surface area contributed by atoms with Crippen molar-refractivity contribution in [2.24, 2.45) is 0 Å². The zero-order valence-electron chi connectivity index (χ0n) is 8.52. The van der Waals surface area contributed by atoms with Crippen molar-refractivity contribution in [1.82, 2.24) is 4.57 Å². The molecule has 3 nitrogen and oxygen atoms in total. The van der Waals surface area contributed by atoms with Crippen LogP contribution in [0.1, 0.15) is 19.8 Å². The fourth-order valence-corrected chi connectivity index (χ4v) is 1.73. The molecule has 1 aromatic rings. The van der Waals surface area contributed by atoms with Crippen LogP contribution in [0.4, 0.5) is 0 Å². The molecule has 0 atom stereocenters. The summed E-state index contributed by atoms with van der Waals surface area (Å²) >= 11 is 1.90. The zero-order valence-corrected chi connectivity index (χ0v) is 9.33. The number of nitriles is 1. The van der Waals surface area contributed by atoms with E-state index < -0.39 is 0 Å². The van der Waals surface area contributed by atoms with Crippen LogP contribution >= 0.6 is 11.8 Å². The van der Waals surface area contributed by atoms with Gasteiger partial charge in [-0.3, -0.25) is 0 Å². The first-order valence-electron chi connectivity index (χ1n) is 4.86. The van der Waals surface area contributed by atoms with Gasteiger partial charge in [-0.05, 0) is 12.2 Å². The normalized spacial score (nSPS) is 10.0. The van der Waals surface area contributed by atoms with Crippen molar-refractivity contribution < 1.29 is 4.57 Å². The average molecular weight is 210 g/mol. The van der Waals surface area contributed by atoms with Gasteiger partial charge in [-0.15, -0.1) is 11.8 Å². The minimum Gasteiger partial charge on any atom is -0.237 e. The Hall–Kier alpha value is -0.950. The van der Waals surface area contributed by atoms with E-state index in [4.69, 9.17) is 5.26 Å². The van der Waals surface area contributed by atoms with Crippen LogP contribution in [0.25, 0.3) is 0 Å². The summed E-state index contributed by atoms with van der Waals surface area (Å²) in [6.07, 6.45) is 7.82. The van der Waals surface area contributed by atoms with Crippen molar-refractivity contribution in [3.05, 3.63) is 18.7 Å². The lowest BCUT2D eigenvalue weighted by Gasteiger charge is -1.93. The van der Waals surface area contributed by atoms with Crippen LogP contribution in [0.2, 0.25) is 0 Å². The van der Waals surface area contributed by atoms with Gasteiger partial charge in [-0.1, -0.05) is 6.92 Å². The number of aromatic nitrogens is 2. The molecule has 4 heteroatoms. The van der Waals surface area contributed by atoms with Crippen LogP contribution in [-0.2, 0) is 12.4 Å². The van der Waals surface area contributed by atoms with Gasteiger partial charge in [-0.25, -0.2) is 9.13 Å². The number of thioether (sulfide) groups is 1. The third kappa shape index (κ3) is 3.84. The first-order chi connectivity index (χ1) is 6.86. The Labute approximate surface area is 89.4 Å². The monoisotopic (exact) mass is 210 g/mol. The highest BCUT2D eigenvalue weighted by molar-refractivity contribution is 7.98. The average Bonchev–Trinajstić information content (AvgIpc) is 2.63. The van der Waals surface area contributed by atoms with E-state index >= 15 is 0 Å². The summed E-state index contributed by atoms with van der Waals surface area (Å²) in [5, 5.41) is 8.40. The molecule has 0 aromatic carbocycles. The topological polar surface area (TPSA) is 32.6 Å². The van der Waals surface area contributed by atoms with Crippen molar-refractivity contribution >= 4 is 11.8 Å². The number of nitrogens with zero attached hydrogens (tertiary/aromatic N) is 3. The molecule has 0 aliphatic rings. The highest BCUT2D eigenvalue weighted by Crippen LogP contribution is 1.98. The minimum absolute atomic E-state index is 0.641. The molecule has 1 aromatic heterocycles. The lowest BCUT2D eigenvalue weighted by molar-refractivity contribution is -0.675. The molecule has 0 saturated carbocycles. The van der Waals surface area contributed by atoms with Crippen molar-refractivity contribution in [2.45, 2.75) is 32.2 Å². The fraction of sp³-hybridized carbons (Fsp3) is 0.600. The first-order valence-corrected chi connectivity index (χ1v) is 6.01. The Bertz CT molecular complexity index is 301. The molecule has 0 saturated heterocycles. The van der Waals surface area contributed by atoms with E-state index in [0.717, 1.165) is 24.6 Å². The molecule has 0 spiro atoms. The molecule has 0 unspecified atom stereocenters. The third-order valence-corrected chi connectivity index (χ3v) is 2.78. The van der Waals surface area contributed by atoms with Crippen LogP contribution in [0.5, 0.6) is 0 Å². The summed E-state index contributed by atoms with van der Waals surface area (Å²) in [6, 6.07) is 2.15. The SMILES string of the molecule is CCSC[n+]1ccn(CCCC#N)c1. The van der Waals surface area contributed by atoms with Gasteiger partial charge in [0.15, 0.2) is 0 Å². The summed E-state index contributed by atoms with van der Waals surface area (Å²) < 4.78 is 4.30. The minimum atomic E-state index is 0.641. The predicted molar refractivity (Wildman–Crippen MR) is 57.6 cm³/mol. The van der Waals surface area contributed by atoms with Crippen LogP contribution < -0.4 is 4.57 Å². The van der Waals surface area contributed by atoms with E-state index in [1.807, 2.05) is 11.8 Å². The lowest BCUT2D eigenvalue weighted by atomic mass is 10.3. The second kappa shape index (κ2) is 6.50. The molecule has 0 amide bonds. The van der Waals surface area contributed by atoms with Crippen molar-refractivity contribution in [3.63, 3.8) is 0 Å². The summed E-state index contributed by atoms with van der Waals surface area (Å²) in [5.74, 6) is 2.16. The maximum Gasteiger partial charge on any atom is 0.244 e. The van der Waals surface area contributed by atoms with Gasteiger partial charge in [0.1, 0.15) is 18.3 Å². The summed E-state index contributed by atoms with van der Waals surface area (Å²) in [7, 11) is 0. The van der Waals surface area contributed by atoms with Crippen molar-refractivity contribution in [1.29, 1.82) is 5.26 Å². The van der Waals surface area contributed by atoms with Gasteiger partial charge in [-0.2, -0.15) is 5.26 Å². The fourth-order valence-electron chi connectivity index (χ4n) is 1.18. The molecule has 14 heavy (non-hydrogen) atoms. The summed E-state index contributed by atoms with van der Waals surface area (Å²) in [5.41, 5.74) is 0. The smallest absolute Gasteiger partial charge is 0.237 e. The van der Waals surface area contributed by atoms with E-state index in [1.54, 1.807) is 0 Å². The first kappa shape index (κ1) is 11.1. The van der Waals surface area contributed by atoms with Gasteiger partial charge in [0.2, 0.25) is 6.33 Å². The van der Waals surface area contributed by atoms with Gasteiger partial charge in [0, 0.05) is 6.42 Å². The number of hydrogen-bond donors (Lipinski definition) is 0. The van der Waals surface area contributed by atoms with Gasteiger partial charge in [0.05, 0.1) is 12.6 Å². The predicted octanol–water partition coefficient (Wildman–Crippen LogP) is 1.79. The van der Waals surface area contributed by atoms with E-state index in [1.165, 1.54) is 0 Å². The summed E-state index contributed by atoms with van der Waals surface area (Å²) in [6.45, 7) is 3.10. The van der Waals surface area contributed by atoms with Gasteiger partial charge in [0.25, 0.3) is 0 Å². The molecular weight excluding hydrogens is 194 g/mol. The zero-order chi connectivity index (χ0) is 10.2. The molecule has 1 heterocycles. The standard InChI is InChI=1S/C10H16N3S/c1-2-14-10-13-8-7-12(9-13)6-4-3-5-11/h7-9H,2-4,6,10H2,1H3/q+1. The quantitative estimate of drug-likeness (QED) is 0.529. The molecular formula is C10H16N3S+. The van der Waals surface area contributed by atoms with E-state index in [2.05, 4.69) is 40.8 Å². The number of aryl methyl sites for hydroxylation is 1. The van der Waals surface area contributed by atoms with E-state index in [9.17, 15) is 0 Å². The highest BCUT2D eigenvalue weighted by atomic mass is 32.2. The Morgan fingerprint density at radius 2 is 2.43 bits per heavy atom. The number of hydrogen-bond acceptors (Lipinski definition) is 2. The van der Waals surface area contributed by atoms with Crippen molar-refractivity contribution in [2.75, 3.05) is 5.75 Å². The molecule has 0 N–H and O–H groups in total. The highest BCUT2D eigenvalue weighted by Gasteiger charge is 2.02. The Balaban J connectivity index is 2.32. The maximum absolute atomic E-state index is 8.40. The van der Waals surface area contributed by atoms with Crippen LogP contribution in [-0.4, -0.2) is 10.3 Å². The number of unbranched alkanes of at least 4 members (excludes halogenated alkanes) is 1. The Morgan fingerprint density at radius 1 is 1.57 bits per heavy atom.